The summed E-state index contributed by atoms with van der Waals surface area (Å²) < 4.78 is 15.2. The number of benzene rings is 1. The summed E-state index contributed by atoms with van der Waals surface area (Å²) in [5, 5.41) is 10.4. The molecule has 1 fully saturated rings. The number of hydrogen-bond donors (Lipinski definition) is 2. The summed E-state index contributed by atoms with van der Waals surface area (Å²) in [5.41, 5.74) is 3.07. The molecule has 3 aromatic rings. The summed E-state index contributed by atoms with van der Waals surface area (Å²) in [4.78, 5) is 17.1. The van der Waals surface area contributed by atoms with Gasteiger partial charge in [0.2, 0.25) is 6.04 Å². The number of pyridine rings is 2. The van der Waals surface area contributed by atoms with Crippen LogP contribution in [0.25, 0.3) is 11.1 Å². The van der Waals surface area contributed by atoms with Gasteiger partial charge in [-0.05, 0) is 46.8 Å². The number of hydrogen-bond acceptors (Lipinski definition) is 4. The summed E-state index contributed by atoms with van der Waals surface area (Å²) >= 11 is 5.25. The minimum Gasteiger partial charge on any atom is -0.310 e. The Labute approximate surface area is 172 Å². The predicted octanol–water partition coefficient (Wildman–Crippen LogP) is 3.13. The summed E-state index contributed by atoms with van der Waals surface area (Å²) in [6, 6.07) is 12.8. The highest BCUT2D eigenvalue weighted by molar-refractivity contribution is 7.80. The Kier molecular flexibility index (Phi) is 5.08. The topological polar surface area (TPSA) is 69.7 Å². The molecule has 1 aliphatic rings. The van der Waals surface area contributed by atoms with E-state index in [-0.39, 0.29) is 16.7 Å². The predicted molar refractivity (Wildman–Crippen MR) is 110 cm³/mol. The molecule has 0 saturated carbocycles. The summed E-state index contributed by atoms with van der Waals surface area (Å²) in [5.74, 6) is 1.16. The summed E-state index contributed by atoms with van der Waals surface area (Å²) in [6.45, 7) is 0. The molecule has 0 radical (unpaired) electrons. The third kappa shape index (κ3) is 3.61. The first kappa shape index (κ1) is 18.8. The van der Waals surface area contributed by atoms with Gasteiger partial charge >= 0.3 is 0 Å². The van der Waals surface area contributed by atoms with E-state index < -0.39 is 12.0 Å². The van der Waals surface area contributed by atoms with E-state index in [2.05, 4.69) is 16.2 Å². The fourth-order valence-corrected chi connectivity index (χ4v) is 3.80. The van der Waals surface area contributed by atoms with Crippen molar-refractivity contribution >= 4 is 29.0 Å². The molecule has 1 saturated heterocycles. The number of carbonyl (C=O) groups excluding carboxylic acids is 1. The van der Waals surface area contributed by atoms with Crippen molar-refractivity contribution in [1.29, 1.82) is 5.41 Å². The standard InChI is InChI=1S/C22H15FN4OS/c23-17-3-1-16(2-4-17)19-18(13-24)22(29)26-21(28)20(19)27-11-7-15(8-12-27)14-5-9-25-10-6-14/h1-12,19-20,24H/p+1/t19-,20+/m1/s1. The van der Waals surface area contributed by atoms with E-state index >= 15 is 0 Å². The van der Waals surface area contributed by atoms with Gasteiger partial charge in [-0.3, -0.25) is 15.2 Å². The lowest BCUT2D eigenvalue weighted by Gasteiger charge is -2.29. The normalized spacial score (nSPS) is 18.9. The van der Waals surface area contributed by atoms with E-state index in [1.165, 1.54) is 12.1 Å². The molecule has 1 amide bonds. The molecular formula is C22H16FN4OS+. The molecule has 0 aliphatic carbocycles. The van der Waals surface area contributed by atoms with E-state index in [4.69, 9.17) is 17.6 Å². The zero-order valence-corrected chi connectivity index (χ0v) is 16.0. The first-order valence-corrected chi connectivity index (χ1v) is 9.31. The van der Waals surface area contributed by atoms with Crippen LogP contribution in [-0.4, -0.2) is 21.7 Å². The van der Waals surface area contributed by atoms with Gasteiger partial charge in [-0.15, -0.1) is 0 Å². The van der Waals surface area contributed by atoms with Gasteiger partial charge in [-0.25, -0.2) is 4.39 Å². The van der Waals surface area contributed by atoms with Crippen molar-refractivity contribution in [2.24, 2.45) is 0 Å². The second-order valence-corrected chi connectivity index (χ2v) is 7.01. The van der Waals surface area contributed by atoms with Gasteiger partial charge in [0.25, 0.3) is 5.91 Å². The fourth-order valence-electron chi connectivity index (χ4n) is 3.53. The maximum Gasteiger partial charge on any atom is 0.295 e. The third-order valence-electron chi connectivity index (χ3n) is 4.93. The quantitative estimate of drug-likeness (QED) is 0.306. The van der Waals surface area contributed by atoms with Gasteiger partial charge in [-0.2, -0.15) is 4.57 Å². The smallest absolute Gasteiger partial charge is 0.295 e. The van der Waals surface area contributed by atoms with Crippen LogP contribution in [0.5, 0.6) is 0 Å². The van der Waals surface area contributed by atoms with Gasteiger partial charge < -0.3 is 5.32 Å². The molecule has 0 bridgehead atoms. The molecule has 3 heterocycles. The van der Waals surface area contributed by atoms with Crippen LogP contribution in [0.3, 0.4) is 0 Å². The maximum absolute atomic E-state index is 13.4. The van der Waals surface area contributed by atoms with E-state index in [1.807, 2.05) is 36.7 Å². The highest BCUT2D eigenvalue weighted by Crippen LogP contribution is 2.35. The fraction of sp³-hybridized carbons (Fsp3) is 0.0909. The molecule has 2 aromatic heterocycles. The monoisotopic (exact) mass is 403 g/mol. The zero-order chi connectivity index (χ0) is 20.4. The average molecular weight is 403 g/mol. The minimum atomic E-state index is -0.688. The van der Waals surface area contributed by atoms with E-state index in [0.29, 0.717) is 11.1 Å². The molecule has 29 heavy (non-hydrogen) atoms. The van der Waals surface area contributed by atoms with Gasteiger partial charge in [0.15, 0.2) is 12.4 Å². The lowest BCUT2D eigenvalue weighted by molar-refractivity contribution is -0.711. The van der Waals surface area contributed by atoms with Crippen LogP contribution in [0.1, 0.15) is 17.5 Å². The van der Waals surface area contributed by atoms with Crippen molar-refractivity contribution in [3.05, 3.63) is 90.3 Å². The lowest BCUT2D eigenvalue weighted by Crippen LogP contribution is -2.56. The van der Waals surface area contributed by atoms with Gasteiger partial charge in [0, 0.05) is 24.5 Å². The van der Waals surface area contributed by atoms with Crippen molar-refractivity contribution in [3.8, 4) is 11.1 Å². The number of nitrogens with one attached hydrogen (secondary N) is 2. The Hall–Kier alpha value is -3.54. The Morgan fingerprint density at radius 1 is 1.03 bits per heavy atom. The molecule has 2 N–H and O–H groups in total. The molecule has 1 aliphatic heterocycles. The number of carbonyl (C=O) groups is 1. The third-order valence-corrected chi connectivity index (χ3v) is 5.25. The second kappa shape index (κ2) is 7.83. The van der Waals surface area contributed by atoms with Gasteiger partial charge in [0.05, 0.1) is 11.5 Å². The largest absolute Gasteiger partial charge is 0.310 e. The Balaban J connectivity index is 1.78. The lowest BCUT2D eigenvalue weighted by atomic mass is 9.82. The minimum absolute atomic E-state index is 0.171. The highest BCUT2D eigenvalue weighted by atomic mass is 32.1. The van der Waals surface area contributed by atoms with Crippen molar-refractivity contribution in [1.82, 2.24) is 10.3 Å². The van der Waals surface area contributed by atoms with Crippen LogP contribution < -0.4 is 9.88 Å². The van der Waals surface area contributed by atoms with Crippen LogP contribution >= 0.6 is 12.2 Å². The molecule has 142 valence electrons. The Morgan fingerprint density at radius 3 is 2.28 bits per heavy atom. The van der Waals surface area contributed by atoms with Crippen molar-refractivity contribution in [3.63, 3.8) is 0 Å². The second-order valence-electron chi connectivity index (χ2n) is 6.60. The van der Waals surface area contributed by atoms with Crippen LogP contribution in [-0.2, 0) is 4.79 Å². The molecule has 7 heteroatoms. The van der Waals surface area contributed by atoms with Crippen LogP contribution in [0.2, 0.25) is 0 Å². The Morgan fingerprint density at radius 2 is 1.66 bits per heavy atom. The van der Waals surface area contributed by atoms with Crippen molar-refractivity contribution in [2.45, 2.75) is 12.0 Å². The number of piperidine rings is 1. The number of amides is 1. The van der Waals surface area contributed by atoms with Gasteiger partial charge in [0.1, 0.15) is 10.8 Å². The molecule has 0 unspecified atom stereocenters. The number of thiocarbonyl (C=S) groups is 1. The van der Waals surface area contributed by atoms with Crippen LogP contribution in [0.4, 0.5) is 4.39 Å². The van der Waals surface area contributed by atoms with Gasteiger partial charge in [-0.1, -0.05) is 24.4 Å². The van der Waals surface area contributed by atoms with E-state index in [0.717, 1.165) is 11.1 Å². The Bertz CT molecular complexity index is 1120. The summed E-state index contributed by atoms with van der Waals surface area (Å²) in [7, 11) is 0. The van der Waals surface area contributed by atoms with Crippen molar-refractivity contribution < 1.29 is 13.8 Å². The first-order valence-electron chi connectivity index (χ1n) is 8.90. The molecule has 5 nitrogen and oxygen atoms in total. The van der Waals surface area contributed by atoms with E-state index in [9.17, 15) is 9.18 Å². The molecule has 0 spiro atoms. The van der Waals surface area contributed by atoms with Crippen LogP contribution in [0.15, 0.2) is 78.9 Å². The van der Waals surface area contributed by atoms with E-state index in [1.54, 1.807) is 29.1 Å². The molecule has 1 aromatic carbocycles. The number of rotatable bonds is 3. The number of aromatic nitrogens is 2. The maximum atomic E-state index is 13.4. The SMILES string of the molecule is N=C=C1C(=S)NC(=O)[C@@H]([n+]2ccc(-c3ccncc3)cc2)[C@@H]1c1ccc(F)cc1. The van der Waals surface area contributed by atoms with Crippen LogP contribution in [0, 0.1) is 11.2 Å². The van der Waals surface area contributed by atoms with Crippen molar-refractivity contribution in [2.75, 3.05) is 0 Å². The number of halogens is 1. The number of nitrogens with zero attached hydrogens (tertiary/aromatic N) is 2. The highest BCUT2D eigenvalue weighted by Gasteiger charge is 2.45. The molecular weight excluding hydrogens is 387 g/mol. The average Bonchev–Trinajstić information content (AvgIpc) is 2.75. The first-order chi connectivity index (χ1) is 14.1. The molecule has 4 rings (SSSR count). The molecule has 2 atom stereocenters. The zero-order valence-electron chi connectivity index (χ0n) is 15.2. The summed E-state index contributed by atoms with van der Waals surface area (Å²) in [6.07, 6.45) is 7.06.